The van der Waals surface area contributed by atoms with E-state index >= 15 is 0 Å². The Bertz CT molecular complexity index is 397. The molecule has 0 aromatic carbocycles. The van der Waals surface area contributed by atoms with Crippen LogP contribution in [0.5, 0.6) is 0 Å². The molecule has 16 heavy (non-hydrogen) atoms. The molecule has 1 fully saturated rings. The number of piperidine rings is 1. The van der Waals surface area contributed by atoms with E-state index in [4.69, 9.17) is 17.3 Å². The SMILES string of the molecule is Cc1cc(N2CC(Cl)CC(N)C2=O)nn1C. The maximum atomic E-state index is 11.9. The number of aryl methyl sites for hydroxylation is 2. The first-order valence-corrected chi connectivity index (χ1v) is 5.64. The number of hydrogen-bond donors (Lipinski definition) is 1. The number of carbonyl (C=O) groups excluding carboxylic acids is 1. The van der Waals surface area contributed by atoms with Crippen molar-refractivity contribution < 1.29 is 4.79 Å². The molecular weight excluding hydrogens is 228 g/mol. The van der Waals surface area contributed by atoms with Crippen molar-refractivity contribution in [2.24, 2.45) is 12.8 Å². The van der Waals surface area contributed by atoms with Gasteiger partial charge in [0.05, 0.1) is 11.4 Å². The molecule has 2 N–H and O–H groups in total. The lowest BCUT2D eigenvalue weighted by Crippen LogP contribution is -2.52. The smallest absolute Gasteiger partial charge is 0.245 e. The fraction of sp³-hybridized carbons (Fsp3) is 0.600. The molecule has 88 valence electrons. The predicted octanol–water partition coefficient (Wildman–Crippen LogP) is 0.400. The zero-order valence-corrected chi connectivity index (χ0v) is 10.1. The van der Waals surface area contributed by atoms with Crippen molar-refractivity contribution in [3.63, 3.8) is 0 Å². The number of nitrogens with zero attached hydrogens (tertiary/aromatic N) is 3. The van der Waals surface area contributed by atoms with Gasteiger partial charge in [-0.2, -0.15) is 5.10 Å². The van der Waals surface area contributed by atoms with E-state index in [0.29, 0.717) is 18.8 Å². The van der Waals surface area contributed by atoms with Gasteiger partial charge in [-0.25, -0.2) is 0 Å². The van der Waals surface area contributed by atoms with Gasteiger partial charge in [-0.05, 0) is 13.3 Å². The van der Waals surface area contributed by atoms with Crippen LogP contribution in [0, 0.1) is 6.92 Å². The normalized spacial score (nSPS) is 26.2. The number of amides is 1. The summed E-state index contributed by atoms with van der Waals surface area (Å²) < 4.78 is 1.73. The molecule has 2 unspecified atom stereocenters. The van der Waals surface area contributed by atoms with Gasteiger partial charge < -0.3 is 5.73 Å². The standard InChI is InChI=1S/C10H15ClN4O/c1-6-3-9(13-14(6)2)15-5-7(11)4-8(12)10(15)16/h3,7-8H,4-5,12H2,1-2H3. The molecule has 2 atom stereocenters. The summed E-state index contributed by atoms with van der Waals surface area (Å²) in [5, 5.41) is 4.16. The largest absolute Gasteiger partial charge is 0.320 e. The average Bonchev–Trinajstić information content (AvgIpc) is 2.53. The fourth-order valence-corrected chi connectivity index (χ4v) is 2.15. The Kier molecular flexibility index (Phi) is 2.90. The highest BCUT2D eigenvalue weighted by atomic mass is 35.5. The molecule has 0 aliphatic carbocycles. The van der Waals surface area contributed by atoms with E-state index in [2.05, 4.69) is 5.10 Å². The van der Waals surface area contributed by atoms with Crippen LogP contribution in [-0.2, 0) is 11.8 Å². The minimum absolute atomic E-state index is 0.102. The van der Waals surface area contributed by atoms with Crippen LogP contribution in [0.25, 0.3) is 0 Å². The van der Waals surface area contributed by atoms with Gasteiger partial charge in [-0.15, -0.1) is 11.6 Å². The molecule has 2 heterocycles. The summed E-state index contributed by atoms with van der Waals surface area (Å²) in [4.78, 5) is 13.5. The first kappa shape index (κ1) is 11.4. The number of alkyl halides is 1. The molecule has 1 aromatic rings. The number of hydrogen-bond acceptors (Lipinski definition) is 3. The second-order valence-corrected chi connectivity index (χ2v) is 4.77. The molecule has 1 amide bonds. The average molecular weight is 243 g/mol. The van der Waals surface area contributed by atoms with Gasteiger partial charge in [0.2, 0.25) is 5.91 Å². The van der Waals surface area contributed by atoms with E-state index in [1.165, 1.54) is 0 Å². The van der Waals surface area contributed by atoms with E-state index in [-0.39, 0.29) is 11.3 Å². The van der Waals surface area contributed by atoms with Crippen molar-refractivity contribution in [3.05, 3.63) is 11.8 Å². The highest BCUT2D eigenvalue weighted by Gasteiger charge is 2.33. The topological polar surface area (TPSA) is 64.2 Å². The van der Waals surface area contributed by atoms with Crippen molar-refractivity contribution in [3.8, 4) is 0 Å². The Morgan fingerprint density at radius 3 is 2.88 bits per heavy atom. The van der Waals surface area contributed by atoms with Crippen LogP contribution >= 0.6 is 11.6 Å². The maximum Gasteiger partial charge on any atom is 0.245 e. The third-order valence-electron chi connectivity index (χ3n) is 2.85. The lowest BCUT2D eigenvalue weighted by Gasteiger charge is -2.31. The van der Waals surface area contributed by atoms with Crippen molar-refractivity contribution in [2.45, 2.75) is 24.8 Å². The van der Waals surface area contributed by atoms with Crippen molar-refractivity contribution in [1.29, 1.82) is 0 Å². The Balaban J connectivity index is 2.28. The molecule has 1 aliphatic rings. The predicted molar refractivity (Wildman–Crippen MR) is 62.5 cm³/mol. The number of nitrogens with two attached hydrogens (primary N) is 1. The number of rotatable bonds is 1. The van der Waals surface area contributed by atoms with Crippen molar-refractivity contribution in [2.75, 3.05) is 11.4 Å². The van der Waals surface area contributed by atoms with Crippen LogP contribution in [0.15, 0.2) is 6.07 Å². The first-order chi connectivity index (χ1) is 7.49. The van der Waals surface area contributed by atoms with Crippen LogP contribution in [0.4, 0.5) is 5.82 Å². The van der Waals surface area contributed by atoms with E-state index in [1.807, 2.05) is 20.0 Å². The van der Waals surface area contributed by atoms with E-state index in [1.54, 1.807) is 9.58 Å². The van der Waals surface area contributed by atoms with E-state index in [0.717, 1.165) is 5.69 Å². The summed E-state index contributed by atoms with van der Waals surface area (Å²) in [6, 6.07) is 1.35. The highest BCUT2D eigenvalue weighted by molar-refractivity contribution is 6.22. The van der Waals surface area contributed by atoms with Crippen molar-refractivity contribution in [1.82, 2.24) is 9.78 Å². The number of carbonyl (C=O) groups is 1. The summed E-state index contributed by atoms with van der Waals surface area (Å²) in [7, 11) is 1.84. The monoisotopic (exact) mass is 242 g/mol. The Hall–Kier alpha value is -1.07. The lowest BCUT2D eigenvalue weighted by atomic mass is 10.1. The third-order valence-corrected chi connectivity index (χ3v) is 3.17. The quantitative estimate of drug-likeness (QED) is 0.725. The maximum absolute atomic E-state index is 11.9. The summed E-state index contributed by atoms with van der Waals surface area (Å²) in [5.41, 5.74) is 6.72. The van der Waals surface area contributed by atoms with Crippen LogP contribution in [0.1, 0.15) is 12.1 Å². The molecule has 0 saturated carbocycles. The molecule has 0 radical (unpaired) electrons. The van der Waals surface area contributed by atoms with Crippen LogP contribution in [0.3, 0.4) is 0 Å². The first-order valence-electron chi connectivity index (χ1n) is 5.20. The minimum atomic E-state index is -0.515. The molecule has 6 heteroatoms. The zero-order valence-electron chi connectivity index (χ0n) is 9.35. The molecule has 5 nitrogen and oxygen atoms in total. The molecular formula is C10H15ClN4O. The minimum Gasteiger partial charge on any atom is -0.320 e. The van der Waals surface area contributed by atoms with Gasteiger partial charge in [0.25, 0.3) is 0 Å². The lowest BCUT2D eigenvalue weighted by molar-refractivity contribution is -0.120. The van der Waals surface area contributed by atoms with Gasteiger partial charge in [-0.3, -0.25) is 14.4 Å². The number of aromatic nitrogens is 2. The van der Waals surface area contributed by atoms with Crippen LogP contribution in [-0.4, -0.2) is 33.7 Å². The van der Waals surface area contributed by atoms with Crippen molar-refractivity contribution >= 4 is 23.3 Å². The molecule has 0 bridgehead atoms. The summed E-state index contributed by atoms with van der Waals surface area (Å²) >= 11 is 6.06. The Morgan fingerprint density at radius 2 is 2.31 bits per heavy atom. The second kappa shape index (κ2) is 4.07. The molecule has 1 aromatic heterocycles. The molecule has 2 rings (SSSR count). The summed E-state index contributed by atoms with van der Waals surface area (Å²) in [5.74, 6) is 0.529. The van der Waals surface area contributed by atoms with E-state index in [9.17, 15) is 4.79 Å². The summed E-state index contributed by atoms with van der Waals surface area (Å²) in [6.45, 7) is 2.41. The number of halogens is 1. The van der Waals surface area contributed by atoms with Gasteiger partial charge in [-0.1, -0.05) is 0 Å². The third kappa shape index (κ3) is 1.92. The second-order valence-electron chi connectivity index (χ2n) is 4.16. The van der Waals surface area contributed by atoms with Crippen LogP contribution in [0.2, 0.25) is 0 Å². The Morgan fingerprint density at radius 1 is 1.62 bits per heavy atom. The molecule has 1 saturated heterocycles. The van der Waals surface area contributed by atoms with Gasteiger partial charge in [0, 0.05) is 25.4 Å². The zero-order chi connectivity index (χ0) is 11.9. The highest BCUT2D eigenvalue weighted by Crippen LogP contribution is 2.22. The van der Waals surface area contributed by atoms with Crippen LogP contribution < -0.4 is 10.6 Å². The summed E-state index contributed by atoms with van der Waals surface area (Å²) in [6.07, 6.45) is 0.530. The fourth-order valence-electron chi connectivity index (χ4n) is 1.82. The van der Waals surface area contributed by atoms with Gasteiger partial charge in [0.1, 0.15) is 0 Å². The molecule has 0 spiro atoms. The number of anilines is 1. The molecule has 1 aliphatic heterocycles. The van der Waals surface area contributed by atoms with Gasteiger partial charge in [0.15, 0.2) is 5.82 Å². The van der Waals surface area contributed by atoms with Gasteiger partial charge >= 0.3 is 0 Å². The Labute approximate surface area is 99.2 Å². The van der Waals surface area contributed by atoms with E-state index < -0.39 is 6.04 Å².